The van der Waals surface area contributed by atoms with Gasteiger partial charge in [0.1, 0.15) is 5.82 Å². The van der Waals surface area contributed by atoms with Crippen LogP contribution >= 0.6 is 0 Å². The van der Waals surface area contributed by atoms with Crippen LogP contribution in [0.1, 0.15) is 11.3 Å². The van der Waals surface area contributed by atoms with Gasteiger partial charge in [-0.1, -0.05) is 0 Å². The van der Waals surface area contributed by atoms with E-state index in [0.717, 1.165) is 17.1 Å². The smallest absolute Gasteiger partial charge is 0.127 e. The first-order valence-corrected chi connectivity index (χ1v) is 3.17. The predicted molar refractivity (Wildman–Crippen MR) is 36.1 cm³/mol. The van der Waals surface area contributed by atoms with Gasteiger partial charge in [-0.25, -0.2) is 0 Å². The van der Waals surface area contributed by atoms with Crippen molar-refractivity contribution < 1.29 is 4.74 Å². The highest BCUT2D eigenvalue weighted by Gasteiger charge is 2.18. The molecule has 0 saturated heterocycles. The molecule has 4 nitrogen and oxygen atoms in total. The van der Waals surface area contributed by atoms with Crippen LogP contribution in [-0.2, 0) is 25.0 Å². The minimum atomic E-state index is 0.611. The third kappa shape index (κ3) is 0.565. The maximum absolute atomic E-state index is 5.67. The molecular weight excluding hydrogens is 130 g/mol. The Labute approximate surface area is 58.6 Å². The predicted octanol–water partition coefficient (Wildman–Crippen LogP) is 0.0325. The number of hydrogen-bond donors (Lipinski definition) is 1. The fourth-order valence-electron chi connectivity index (χ4n) is 1.16. The van der Waals surface area contributed by atoms with Gasteiger partial charge in [-0.15, -0.1) is 0 Å². The molecule has 1 aromatic heterocycles. The number of rotatable bonds is 0. The molecule has 0 aromatic carbocycles. The van der Waals surface area contributed by atoms with E-state index in [1.165, 1.54) is 0 Å². The molecule has 0 amide bonds. The van der Waals surface area contributed by atoms with Crippen molar-refractivity contribution in [2.45, 2.75) is 13.2 Å². The monoisotopic (exact) mass is 139 g/mol. The quantitative estimate of drug-likeness (QED) is 0.551. The molecule has 0 radical (unpaired) electrons. The van der Waals surface area contributed by atoms with Gasteiger partial charge in [-0.05, 0) is 0 Å². The van der Waals surface area contributed by atoms with Gasteiger partial charge >= 0.3 is 0 Å². The van der Waals surface area contributed by atoms with Crippen molar-refractivity contribution in [1.82, 2.24) is 9.78 Å². The van der Waals surface area contributed by atoms with Gasteiger partial charge in [0.2, 0.25) is 0 Å². The molecule has 1 aromatic rings. The molecule has 4 heteroatoms. The number of nitrogens with zero attached hydrogens (tertiary/aromatic N) is 2. The first-order valence-electron chi connectivity index (χ1n) is 3.17. The summed E-state index contributed by atoms with van der Waals surface area (Å²) in [5.41, 5.74) is 7.72. The molecule has 2 rings (SSSR count). The van der Waals surface area contributed by atoms with Crippen molar-refractivity contribution in [2.75, 3.05) is 5.73 Å². The molecule has 54 valence electrons. The molecule has 0 atom stereocenters. The standard InChI is InChI=1S/C6H9N3O/c1-9-6(7)4-2-10-3-5(4)8-9/h2-3,7H2,1H3. The highest BCUT2D eigenvalue weighted by Crippen LogP contribution is 2.23. The Morgan fingerprint density at radius 2 is 2.40 bits per heavy atom. The molecule has 10 heavy (non-hydrogen) atoms. The molecule has 0 fully saturated rings. The highest BCUT2D eigenvalue weighted by atomic mass is 16.5. The fraction of sp³-hybridized carbons (Fsp3) is 0.500. The van der Waals surface area contributed by atoms with Crippen LogP contribution < -0.4 is 5.73 Å². The van der Waals surface area contributed by atoms with Crippen LogP contribution in [-0.4, -0.2) is 9.78 Å². The van der Waals surface area contributed by atoms with Gasteiger partial charge in [0.15, 0.2) is 0 Å². The van der Waals surface area contributed by atoms with Crippen molar-refractivity contribution in [3.05, 3.63) is 11.3 Å². The summed E-state index contributed by atoms with van der Waals surface area (Å²) >= 11 is 0. The number of anilines is 1. The van der Waals surface area contributed by atoms with E-state index >= 15 is 0 Å². The number of hydrogen-bond acceptors (Lipinski definition) is 3. The molecule has 0 aliphatic carbocycles. The third-order valence-corrected chi connectivity index (χ3v) is 1.76. The first kappa shape index (κ1) is 5.73. The second-order valence-electron chi connectivity index (χ2n) is 2.43. The number of nitrogen functional groups attached to an aromatic ring is 1. The summed E-state index contributed by atoms with van der Waals surface area (Å²) < 4.78 is 6.82. The minimum absolute atomic E-state index is 0.611. The Bertz CT molecular complexity index is 266. The molecule has 0 saturated carbocycles. The van der Waals surface area contributed by atoms with Crippen molar-refractivity contribution in [2.24, 2.45) is 7.05 Å². The Hall–Kier alpha value is -1.03. The molecular formula is C6H9N3O. The van der Waals surface area contributed by atoms with Crippen molar-refractivity contribution in [3.8, 4) is 0 Å². The Morgan fingerprint density at radius 3 is 3.10 bits per heavy atom. The Kier molecular flexibility index (Phi) is 0.990. The summed E-state index contributed by atoms with van der Waals surface area (Å²) in [6.07, 6.45) is 0. The van der Waals surface area contributed by atoms with Crippen LogP contribution in [0.15, 0.2) is 0 Å². The van der Waals surface area contributed by atoms with Crippen LogP contribution in [0.25, 0.3) is 0 Å². The van der Waals surface area contributed by atoms with E-state index in [9.17, 15) is 0 Å². The lowest BCUT2D eigenvalue weighted by Gasteiger charge is -1.95. The van der Waals surface area contributed by atoms with Gasteiger partial charge < -0.3 is 10.5 Å². The highest BCUT2D eigenvalue weighted by molar-refractivity contribution is 5.43. The second kappa shape index (κ2) is 1.73. The number of ether oxygens (including phenoxy) is 1. The summed E-state index contributed by atoms with van der Waals surface area (Å²) in [6, 6.07) is 0. The van der Waals surface area contributed by atoms with Crippen LogP contribution in [0.2, 0.25) is 0 Å². The molecule has 0 unspecified atom stereocenters. The number of nitrogens with two attached hydrogens (primary N) is 1. The van der Waals surface area contributed by atoms with Crippen LogP contribution in [0.4, 0.5) is 5.82 Å². The Morgan fingerprint density at radius 1 is 1.60 bits per heavy atom. The van der Waals surface area contributed by atoms with Crippen LogP contribution in [0.3, 0.4) is 0 Å². The van der Waals surface area contributed by atoms with Gasteiger partial charge in [0.25, 0.3) is 0 Å². The third-order valence-electron chi connectivity index (χ3n) is 1.76. The zero-order valence-electron chi connectivity index (χ0n) is 5.79. The van der Waals surface area contributed by atoms with E-state index in [4.69, 9.17) is 10.5 Å². The maximum Gasteiger partial charge on any atom is 0.127 e. The summed E-state index contributed by atoms with van der Waals surface area (Å²) in [6.45, 7) is 1.23. The van der Waals surface area contributed by atoms with E-state index in [0.29, 0.717) is 13.2 Å². The van der Waals surface area contributed by atoms with Crippen molar-refractivity contribution in [1.29, 1.82) is 0 Å². The number of aryl methyl sites for hydroxylation is 1. The SMILES string of the molecule is Cn1nc2c(c1N)COC2. The molecule has 2 N–H and O–H groups in total. The first-order chi connectivity index (χ1) is 4.79. The summed E-state index contributed by atoms with van der Waals surface area (Å²) in [7, 11) is 1.84. The number of aromatic nitrogens is 2. The normalized spacial score (nSPS) is 15.7. The molecule has 0 spiro atoms. The van der Waals surface area contributed by atoms with E-state index in [-0.39, 0.29) is 0 Å². The average Bonchev–Trinajstić information content (AvgIpc) is 2.41. The molecule has 1 aliphatic heterocycles. The molecule has 2 heterocycles. The topological polar surface area (TPSA) is 53.1 Å². The van der Waals surface area contributed by atoms with E-state index in [1.807, 2.05) is 7.05 Å². The Balaban J connectivity index is 2.59. The van der Waals surface area contributed by atoms with Crippen molar-refractivity contribution in [3.63, 3.8) is 0 Å². The lowest BCUT2D eigenvalue weighted by Crippen LogP contribution is -2.00. The minimum Gasteiger partial charge on any atom is -0.384 e. The van der Waals surface area contributed by atoms with Crippen LogP contribution in [0, 0.1) is 0 Å². The lowest BCUT2D eigenvalue weighted by molar-refractivity contribution is 0.131. The zero-order valence-corrected chi connectivity index (χ0v) is 5.79. The largest absolute Gasteiger partial charge is 0.384 e. The van der Waals surface area contributed by atoms with Gasteiger partial charge in [0, 0.05) is 12.6 Å². The molecule has 1 aliphatic rings. The van der Waals surface area contributed by atoms with Crippen molar-refractivity contribution >= 4 is 5.82 Å². The van der Waals surface area contributed by atoms with Gasteiger partial charge in [-0.2, -0.15) is 5.10 Å². The maximum atomic E-state index is 5.67. The fourth-order valence-corrected chi connectivity index (χ4v) is 1.16. The average molecular weight is 139 g/mol. The van der Waals surface area contributed by atoms with E-state index < -0.39 is 0 Å². The van der Waals surface area contributed by atoms with Gasteiger partial charge in [0.05, 0.1) is 18.9 Å². The molecule has 0 bridgehead atoms. The summed E-state index contributed by atoms with van der Waals surface area (Å²) in [4.78, 5) is 0. The van der Waals surface area contributed by atoms with E-state index in [1.54, 1.807) is 4.68 Å². The van der Waals surface area contributed by atoms with Gasteiger partial charge in [-0.3, -0.25) is 4.68 Å². The lowest BCUT2D eigenvalue weighted by atomic mass is 10.3. The zero-order chi connectivity index (χ0) is 7.14. The summed E-state index contributed by atoms with van der Waals surface area (Å²) in [5.74, 6) is 0.729. The second-order valence-corrected chi connectivity index (χ2v) is 2.43. The van der Waals surface area contributed by atoms with Crippen LogP contribution in [0.5, 0.6) is 0 Å². The van der Waals surface area contributed by atoms with E-state index in [2.05, 4.69) is 5.10 Å². The summed E-state index contributed by atoms with van der Waals surface area (Å²) in [5, 5.41) is 4.16. The number of fused-ring (bicyclic) bond motifs is 1.